The van der Waals surface area contributed by atoms with Crippen LogP contribution in [-0.4, -0.2) is 24.8 Å². The van der Waals surface area contributed by atoms with Gasteiger partial charge in [0.25, 0.3) is 0 Å². The molecule has 3 aromatic carbocycles. The zero-order chi connectivity index (χ0) is 29.9. The van der Waals surface area contributed by atoms with Gasteiger partial charge in [-0.05, 0) is 69.4 Å². The van der Waals surface area contributed by atoms with Crippen molar-refractivity contribution >= 4 is 28.9 Å². The Labute approximate surface area is 250 Å². The molecule has 3 aromatic rings. The molecule has 5 rings (SSSR count). The van der Waals surface area contributed by atoms with Gasteiger partial charge >= 0.3 is 5.97 Å². The topological polar surface area (TPSA) is 68.8 Å². The Kier molecular flexibility index (Phi) is 8.83. The van der Waals surface area contributed by atoms with Crippen LogP contribution in [0.15, 0.2) is 60.7 Å². The van der Waals surface area contributed by atoms with Crippen molar-refractivity contribution < 1.29 is 27.8 Å². The lowest BCUT2D eigenvalue weighted by Gasteiger charge is -2.44. The van der Waals surface area contributed by atoms with Crippen LogP contribution in [0.1, 0.15) is 58.4 Å². The minimum Gasteiger partial charge on any atom is -0.493 e. The van der Waals surface area contributed by atoms with Crippen LogP contribution in [0.4, 0.5) is 20.2 Å². The number of ether oxygens (including phenoxy) is 3. The van der Waals surface area contributed by atoms with E-state index in [0.717, 1.165) is 31.2 Å². The lowest BCUT2D eigenvalue weighted by atomic mass is 9.72. The second-order valence-corrected chi connectivity index (χ2v) is 11.9. The summed E-state index contributed by atoms with van der Waals surface area (Å²) in [5, 5.41) is 7.66. The molecule has 0 radical (unpaired) electrons. The Hall–Kier alpha value is -3.52. The number of fused-ring (bicyclic) bond motifs is 1. The second kappa shape index (κ2) is 12.4. The molecule has 9 heteroatoms. The number of hydrogen-bond donors (Lipinski definition) is 2. The molecule has 1 saturated carbocycles. The summed E-state index contributed by atoms with van der Waals surface area (Å²) < 4.78 is 46.3. The molecule has 6 nitrogen and oxygen atoms in total. The maximum atomic E-state index is 14.3. The number of hydrogen-bond acceptors (Lipinski definition) is 6. The van der Waals surface area contributed by atoms with Gasteiger partial charge in [0.05, 0.1) is 24.6 Å². The van der Waals surface area contributed by atoms with Crippen molar-refractivity contribution in [3.63, 3.8) is 0 Å². The Morgan fingerprint density at radius 1 is 0.976 bits per heavy atom. The van der Waals surface area contributed by atoms with Gasteiger partial charge in [0, 0.05) is 29.1 Å². The summed E-state index contributed by atoms with van der Waals surface area (Å²) in [7, 11) is 0. The summed E-state index contributed by atoms with van der Waals surface area (Å²) in [6.07, 6.45) is 5.37. The van der Waals surface area contributed by atoms with Gasteiger partial charge in [-0.15, -0.1) is 0 Å². The first-order chi connectivity index (χ1) is 20.1. The van der Waals surface area contributed by atoms with E-state index in [4.69, 9.17) is 25.8 Å². The van der Waals surface area contributed by atoms with Crippen LogP contribution in [0.2, 0.25) is 5.02 Å². The number of nitrogens with one attached hydrogen (secondary N) is 2. The zero-order valence-electron chi connectivity index (χ0n) is 24.1. The van der Waals surface area contributed by atoms with Gasteiger partial charge in [-0.3, -0.25) is 0 Å². The average Bonchev–Trinajstić information content (AvgIpc) is 3.33. The largest absolute Gasteiger partial charge is 0.493 e. The van der Waals surface area contributed by atoms with Gasteiger partial charge in [0.15, 0.2) is 17.2 Å². The first kappa shape index (κ1) is 30.0. The zero-order valence-corrected chi connectivity index (χ0v) is 24.9. The highest BCUT2D eigenvalue weighted by Crippen LogP contribution is 2.49. The van der Waals surface area contributed by atoms with E-state index in [1.54, 1.807) is 32.9 Å². The molecule has 224 valence electrons. The third-order valence-electron chi connectivity index (χ3n) is 8.17. The van der Waals surface area contributed by atoms with Gasteiger partial charge in [0.2, 0.25) is 0 Å². The summed E-state index contributed by atoms with van der Waals surface area (Å²) in [5.74, 6) is -1.11. The SMILES string of the molecule is CCOC(=O)C(C)(C)Oc1cccc(OCC(C2CCCCC2)C2(c3ccc(Cl)cc3)Nc3cc(F)c(F)cc3N2)c1. The van der Waals surface area contributed by atoms with Crippen molar-refractivity contribution in [1.29, 1.82) is 0 Å². The summed E-state index contributed by atoms with van der Waals surface area (Å²) >= 11 is 6.26. The first-order valence-corrected chi connectivity index (χ1v) is 14.9. The number of halogens is 3. The number of rotatable bonds is 10. The smallest absolute Gasteiger partial charge is 0.349 e. The van der Waals surface area contributed by atoms with Gasteiger partial charge in [-0.1, -0.05) is 49.1 Å². The van der Waals surface area contributed by atoms with Crippen molar-refractivity contribution in [2.75, 3.05) is 23.8 Å². The molecule has 0 aromatic heterocycles. The van der Waals surface area contributed by atoms with E-state index in [9.17, 15) is 13.6 Å². The molecule has 42 heavy (non-hydrogen) atoms. The fourth-order valence-electron chi connectivity index (χ4n) is 6.07. The van der Waals surface area contributed by atoms with Crippen molar-refractivity contribution in [3.8, 4) is 11.5 Å². The normalized spacial score (nSPS) is 17.0. The molecule has 2 aliphatic rings. The molecule has 1 atom stereocenters. The average molecular weight is 599 g/mol. The monoisotopic (exact) mass is 598 g/mol. The fraction of sp³-hybridized carbons (Fsp3) is 0.424. The number of carbonyl (C=O) groups is 1. The molecule has 0 spiro atoms. The van der Waals surface area contributed by atoms with Crippen LogP contribution in [0.5, 0.6) is 11.5 Å². The highest BCUT2D eigenvalue weighted by molar-refractivity contribution is 6.30. The molecular formula is C33H37ClF2N2O4. The van der Waals surface area contributed by atoms with Crippen molar-refractivity contribution in [1.82, 2.24) is 0 Å². The molecular weight excluding hydrogens is 562 g/mol. The summed E-state index contributed by atoms with van der Waals surface area (Å²) in [4.78, 5) is 12.4. The number of esters is 1. The van der Waals surface area contributed by atoms with E-state index < -0.39 is 28.9 Å². The number of anilines is 2. The van der Waals surface area contributed by atoms with Crippen molar-refractivity contribution in [2.24, 2.45) is 11.8 Å². The minimum absolute atomic E-state index is 0.141. The van der Waals surface area contributed by atoms with Crippen LogP contribution in [0.3, 0.4) is 0 Å². The second-order valence-electron chi connectivity index (χ2n) is 11.5. The van der Waals surface area contributed by atoms with E-state index >= 15 is 0 Å². The molecule has 0 bridgehead atoms. The summed E-state index contributed by atoms with van der Waals surface area (Å²) in [6.45, 7) is 5.64. The van der Waals surface area contributed by atoms with Crippen LogP contribution >= 0.6 is 11.6 Å². The highest BCUT2D eigenvalue weighted by Gasteiger charge is 2.49. The molecule has 1 aliphatic heterocycles. The molecule has 1 aliphatic carbocycles. The predicted molar refractivity (Wildman–Crippen MR) is 160 cm³/mol. The maximum absolute atomic E-state index is 14.3. The van der Waals surface area contributed by atoms with Gasteiger partial charge in [0.1, 0.15) is 17.2 Å². The lowest BCUT2D eigenvalue weighted by Crippen LogP contribution is -2.51. The van der Waals surface area contributed by atoms with E-state index in [0.29, 0.717) is 34.5 Å². The van der Waals surface area contributed by atoms with Gasteiger partial charge < -0.3 is 24.8 Å². The van der Waals surface area contributed by atoms with Gasteiger partial charge in [-0.2, -0.15) is 0 Å². The Bertz CT molecular complexity index is 1380. The fourth-order valence-corrected chi connectivity index (χ4v) is 6.20. The predicted octanol–water partition coefficient (Wildman–Crippen LogP) is 8.30. The Balaban J connectivity index is 1.47. The first-order valence-electron chi connectivity index (χ1n) is 14.5. The van der Waals surface area contributed by atoms with E-state index in [1.165, 1.54) is 18.6 Å². The molecule has 1 fully saturated rings. The number of benzene rings is 3. The summed E-state index contributed by atoms with van der Waals surface area (Å²) in [5.41, 5.74) is -0.222. The quantitative estimate of drug-likeness (QED) is 0.229. The van der Waals surface area contributed by atoms with E-state index in [1.807, 2.05) is 36.4 Å². The van der Waals surface area contributed by atoms with E-state index in [-0.39, 0.29) is 18.4 Å². The van der Waals surface area contributed by atoms with Crippen LogP contribution in [-0.2, 0) is 15.2 Å². The van der Waals surface area contributed by atoms with Gasteiger partial charge in [-0.25, -0.2) is 13.6 Å². The standard InChI is InChI=1S/C33H37ClF2N2O4/c1-4-40-31(39)32(2,3)42-25-12-8-11-24(17-25)41-20-26(21-9-6-5-7-10-21)33(22-13-15-23(34)16-14-22)37-29-18-27(35)28(36)19-30(29)38-33/h8,11-19,21,26,37-38H,4-7,9-10,20H2,1-3H3. The Morgan fingerprint density at radius 2 is 1.60 bits per heavy atom. The van der Waals surface area contributed by atoms with Crippen LogP contribution in [0, 0.1) is 23.5 Å². The molecule has 1 heterocycles. The molecule has 2 N–H and O–H groups in total. The Morgan fingerprint density at radius 3 is 2.21 bits per heavy atom. The molecule has 0 saturated heterocycles. The van der Waals surface area contributed by atoms with Crippen LogP contribution in [0.25, 0.3) is 0 Å². The third-order valence-corrected chi connectivity index (χ3v) is 8.43. The lowest BCUT2D eigenvalue weighted by molar-refractivity contribution is -0.158. The van der Waals surface area contributed by atoms with Crippen molar-refractivity contribution in [3.05, 3.63) is 82.9 Å². The minimum atomic E-state index is -1.17. The molecule has 0 amide bonds. The third kappa shape index (κ3) is 6.28. The highest BCUT2D eigenvalue weighted by atomic mass is 35.5. The molecule has 1 unspecified atom stereocenters. The van der Waals surface area contributed by atoms with E-state index in [2.05, 4.69) is 10.6 Å². The number of carbonyl (C=O) groups excluding carboxylic acids is 1. The van der Waals surface area contributed by atoms with Crippen molar-refractivity contribution in [2.45, 2.75) is 64.1 Å². The maximum Gasteiger partial charge on any atom is 0.349 e. The summed E-state index contributed by atoms with van der Waals surface area (Å²) in [6, 6.07) is 17.1. The van der Waals surface area contributed by atoms with Crippen LogP contribution < -0.4 is 20.1 Å².